The van der Waals surface area contributed by atoms with E-state index in [-0.39, 0.29) is 30.1 Å². The van der Waals surface area contributed by atoms with Crippen LogP contribution in [0.3, 0.4) is 0 Å². The third kappa shape index (κ3) is 3.59. The van der Waals surface area contributed by atoms with E-state index in [1.807, 2.05) is 0 Å². The fourth-order valence-electron chi connectivity index (χ4n) is 2.66. The first-order chi connectivity index (χ1) is 12.5. The molecule has 2 aromatic carbocycles. The lowest BCUT2D eigenvalue weighted by Crippen LogP contribution is -2.29. The normalized spacial score (nSPS) is 10.7. The molecular formula is C18H16N4O4. The van der Waals surface area contributed by atoms with Crippen molar-refractivity contribution in [3.05, 3.63) is 80.4 Å². The van der Waals surface area contributed by atoms with E-state index in [9.17, 15) is 19.7 Å². The van der Waals surface area contributed by atoms with E-state index in [0.29, 0.717) is 22.3 Å². The summed E-state index contributed by atoms with van der Waals surface area (Å²) in [5.41, 5.74) is 0.525. The van der Waals surface area contributed by atoms with Crippen LogP contribution < -0.4 is 5.56 Å². The maximum Gasteiger partial charge on any atom is 0.273 e. The Bertz CT molecular complexity index is 1040. The quantitative estimate of drug-likeness (QED) is 0.558. The van der Waals surface area contributed by atoms with Crippen molar-refractivity contribution in [1.29, 1.82) is 0 Å². The second-order valence-electron chi connectivity index (χ2n) is 5.84. The Morgan fingerprint density at radius 3 is 2.65 bits per heavy atom. The minimum absolute atomic E-state index is 0.0912. The van der Waals surface area contributed by atoms with Gasteiger partial charge in [0.25, 0.3) is 11.2 Å². The first-order valence-electron chi connectivity index (χ1n) is 7.90. The van der Waals surface area contributed by atoms with Crippen molar-refractivity contribution in [3.63, 3.8) is 0 Å². The molecule has 0 aliphatic heterocycles. The molecule has 0 radical (unpaired) electrons. The largest absolute Gasteiger partial charge is 0.338 e. The number of nitro groups is 1. The maximum atomic E-state index is 12.4. The zero-order valence-corrected chi connectivity index (χ0v) is 14.0. The number of nitrogens with zero attached hydrogens (tertiary/aromatic N) is 3. The van der Waals surface area contributed by atoms with Gasteiger partial charge in [0.05, 0.1) is 28.8 Å². The van der Waals surface area contributed by atoms with Gasteiger partial charge < -0.3 is 9.88 Å². The zero-order chi connectivity index (χ0) is 18.7. The highest BCUT2D eigenvalue weighted by atomic mass is 16.6. The number of hydrogen-bond donors (Lipinski definition) is 1. The number of carbonyl (C=O) groups is 1. The molecule has 8 nitrogen and oxygen atoms in total. The number of H-pyrrole nitrogens is 1. The highest BCUT2D eigenvalue weighted by molar-refractivity contribution is 5.80. The fourth-order valence-corrected chi connectivity index (χ4v) is 2.66. The van der Waals surface area contributed by atoms with E-state index in [1.54, 1.807) is 49.5 Å². The molecule has 0 bridgehead atoms. The first-order valence-corrected chi connectivity index (χ1v) is 7.90. The maximum absolute atomic E-state index is 12.4. The molecule has 0 atom stereocenters. The van der Waals surface area contributed by atoms with E-state index in [4.69, 9.17) is 0 Å². The van der Waals surface area contributed by atoms with E-state index >= 15 is 0 Å². The third-order valence-corrected chi connectivity index (χ3v) is 4.00. The van der Waals surface area contributed by atoms with Gasteiger partial charge in [-0.15, -0.1) is 0 Å². The van der Waals surface area contributed by atoms with E-state index in [1.165, 1.54) is 11.0 Å². The number of para-hydroxylation sites is 2. The number of fused-ring (bicyclic) bond motifs is 1. The minimum Gasteiger partial charge on any atom is -0.338 e. The number of nitrogens with one attached hydrogen (secondary N) is 1. The minimum atomic E-state index is -0.509. The summed E-state index contributed by atoms with van der Waals surface area (Å²) in [4.78, 5) is 43.5. The molecule has 3 aromatic rings. The van der Waals surface area contributed by atoms with Crippen molar-refractivity contribution >= 4 is 22.5 Å². The number of likely N-dealkylation sites (N-methyl/N-ethyl adjacent to an activating group) is 1. The molecule has 1 amide bonds. The van der Waals surface area contributed by atoms with Gasteiger partial charge in [0, 0.05) is 18.7 Å². The molecule has 0 aliphatic rings. The highest BCUT2D eigenvalue weighted by Gasteiger charge is 2.18. The number of hydrogen-bond acceptors (Lipinski definition) is 5. The van der Waals surface area contributed by atoms with Gasteiger partial charge in [-0.2, -0.15) is 0 Å². The number of aromatic amines is 1. The summed E-state index contributed by atoms with van der Waals surface area (Å²) in [5, 5.41) is 11.5. The Labute approximate surface area is 148 Å². The molecule has 0 spiro atoms. The molecular weight excluding hydrogens is 336 g/mol. The van der Waals surface area contributed by atoms with Gasteiger partial charge in [-0.1, -0.05) is 30.3 Å². The zero-order valence-electron chi connectivity index (χ0n) is 14.0. The second-order valence-corrected chi connectivity index (χ2v) is 5.84. The molecule has 0 saturated carbocycles. The number of aromatic nitrogens is 2. The molecule has 0 aliphatic carbocycles. The van der Waals surface area contributed by atoms with Gasteiger partial charge in [-0.25, -0.2) is 4.98 Å². The summed E-state index contributed by atoms with van der Waals surface area (Å²) in [5.74, 6) is 0.0437. The lowest BCUT2D eigenvalue weighted by atomic mass is 10.1. The number of nitro benzene ring substituents is 1. The summed E-state index contributed by atoms with van der Waals surface area (Å²) in [6.07, 6.45) is -0.106. The van der Waals surface area contributed by atoms with Crippen molar-refractivity contribution in [2.24, 2.45) is 0 Å². The van der Waals surface area contributed by atoms with Crippen LogP contribution in [0, 0.1) is 10.1 Å². The van der Waals surface area contributed by atoms with Crippen LogP contribution in [0.5, 0.6) is 0 Å². The van der Waals surface area contributed by atoms with Crippen LogP contribution in [0.4, 0.5) is 5.69 Å². The Morgan fingerprint density at radius 1 is 1.19 bits per heavy atom. The Morgan fingerprint density at radius 2 is 1.88 bits per heavy atom. The van der Waals surface area contributed by atoms with Gasteiger partial charge in [0.15, 0.2) is 0 Å². The monoisotopic (exact) mass is 352 g/mol. The van der Waals surface area contributed by atoms with E-state index < -0.39 is 4.92 Å². The van der Waals surface area contributed by atoms with Crippen LogP contribution in [0.25, 0.3) is 10.9 Å². The number of rotatable bonds is 5. The predicted molar refractivity (Wildman–Crippen MR) is 95.6 cm³/mol. The van der Waals surface area contributed by atoms with E-state index in [2.05, 4.69) is 9.97 Å². The number of benzene rings is 2. The van der Waals surface area contributed by atoms with Gasteiger partial charge in [-0.05, 0) is 12.1 Å². The van der Waals surface area contributed by atoms with Gasteiger partial charge in [-0.3, -0.25) is 19.7 Å². The smallest absolute Gasteiger partial charge is 0.273 e. The summed E-state index contributed by atoms with van der Waals surface area (Å²) >= 11 is 0. The topological polar surface area (TPSA) is 109 Å². The third-order valence-electron chi connectivity index (χ3n) is 4.00. The fraction of sp³-hybridized carbons (Fsp3) is 0.167. The number of amides is 1. The van der Waals surface area contributed by atoms with Crippen molar-refractivity contribution in [2.75, 3.05) is 7.05 Å². The Kier molecular flexibility index (Phi) is 4.74. The SMILES string of the molecule is CN(Cc1nc2ccccc2c(=O)[nH]1)C(=O)Cc1ccccc1[N+](=O)[O-]. The van der Waals surface area contributed by atoms with E-state index in [0.717, 1.165) is 0 Å². The molecule has 0 fully saturated rings. The standard InChI is InChI=1S/C18H16N4O4/c1-21(17(23)10-12-6-2-5-9-15(12)22(25)26)11-16-19-14-8-4-3-7-13(14)18(24)20-16/h2-9H,10-11H2,1H3,(H,19,20,24). The van der Waals surface area contributed by atoms with Crippen LogP contribution in [0.15, 0.2) is 53.3 Å². The molecule has 8 heteroatoms. The highest BCUT2D eigenvalue weighted by Crippen LogP contribution is 2.19. The lowest BCUT2D eigenvalue weighted by molar-refractivity contribution is -0.385. The van der Waals surface area contributed by atoms with Crippen molar-refractivity contribution in [3.8, 4) is 0 Å². The average molecular weight is 352 g/mol. The Balaban J connectivity index is 1.78. The van der Waals surface area contributed by atoms with Crippen molar-refractivity contribution in [1.82, 2.24) is 14.9 Å². The molecule has 132 valence electrons. The van der Waals surface area contributed by atoms with Gasteiger partial charge in [0.1, 0.15) is 5.82 Å². The molecule has 0 unspecified atom stereocenters. The molecule has 1 aromatic heterocycles. The summed E-state index contributed by atoms with van der Waals surface area (Å²) in [7, 11) is 1.56. The van der Waals surface area contributed by atoms with Crippen molar-refractivity contribution in [2.45, 2.75) is 13.0 Å². The summed E-state index contributed by atoms with van der Waals surface area (Å²) < 4.78 is 0. The molecule has 1 heterocycles. The van der Waals surface area contributed by atoms with Crippen LogP contribution in [-0.4, -0.2) is 32.7 Å². The first kappa shape index (κ1) is 17.3. The number of carbonyl (C=O) groups excluding carboxylic acids is 1. The molecule has 3 rings (SSSR count). The average Bonchev–Trinajstić information content (AvgIpc) is 2.62. The lowest BCUT2D eigenvalue weighted by Gasteiger charge is -2.16. The second kappa shape index (κ2) is 7.14. The van der Waals surface area contributed by atoms with Crippen LogP contribution in [0.2, 0.25) is 0 Å². The van der Waals surface area contributed by atoms with Crippen LogP contribution >= 0.6 is 0 Å². The molecule has 0 saturated heterocycles. The molecule has 1 N–H and O–H groups in total. The van der Waals surface area contributed by atoms with Gasteiger partial charge in [0.2, 0.25) is 5.91 Å². The van der Waals surface area contributed by atoms with Crippen molar-refractivity contribution < 1.29 is 9.72 Å². The summed E-state index contributed by atoms with van der Waals surface area (Å²) in [6, 6.07) is 13.1. The van der Waals surface area contributed by atoms with Crippen LogP contribution in [-0.2, 0) is 17.8 Å². The summed E-state index contributed by atoms with van der Waals surface area (Å²) in [6.45, 7) is 0.0968. The molecule has 26 heavy (non-hydrogen) atoms. The van der Waals surface area contributed by atoms with Crippen LogP contribution in [0.1, 0.15) is 11.4 Å². The van der Waals surface area contributed by atoms with Gasteiger partial charge >= 0.3 is 0 Å². The predicted octanol–water partition coefficient (Wildman–Crippen LogP) is 2.03. The Hall–Kier alpha value is -3.55.